The number of hydrogen-bond donors (Lipinski definition) is 3. The molecule has 1 heterocycles. The van der Waals surface area contributed by atoms with Gasteiger partial charge in [-0.05, 0) is 43.9 Å². The molecule has 0 bridgehead atoms. The normalized spacial score (nSPS) is 17.3. The fraction of sp³-hybridized carbons (Fsp3) is 0.526. The summed E-state index contributed by atoms with van der Waals surface area (Å²) < 4.78 is 0.845. The van der Waals surface area contributed by atoms with Crippen LogP contribution in [0.15, 0.2) is 28.7 Å². The van der Waals surface area contributed by atoms with Crippen LogP contribution in [0.25, 0.3) is 0 Å². The lowest BCUT2D eigenvalue weighted by atomic mass is 10.0. The molecule has 0 radical (unpaired) electrons. The number of carbonyl (C=O) groups excluding carboxylic acids is 3. The number of halogens is 1. The molecule has 0 unspecified atom stereocenters. The van der Waals surface area contributed by atoms with Gasteiger partial charge in [0.15, 0.2) is 0 Å². The van der Waals surface area contributed by atoms with Crippen LogP contribution in [0.2, 0.25) is 0 Å². The fourth-order valence-corrected chi connectivity index (χ4v) is 3.55. The molecule has 2 fully saturated rings. The zero-order valence-corrected chi connectivity index (χ0v) is 16.8. The molecule has 1 saturated heterocycles. The SMILES string of the molecule is O=C(NCCNC(=O)c1cccc(Br)c1)NC1CCN(C(=O)C2CC2)CC1. The third-order valence-electron chi connectivity index (χ3n) is 4.85. The van der Waals surface area contributed by atoms with Crippen molar-refractivity contribution in [3.8, 4) is 0 Å². The Bertz CT molecular complexity index is 700. The Hall–Kier alpha value is -2.09. The summed E-state index contributed by atoms with van der Waals surface area (Å²) in [7, 11) is 0. The maximum atomic E-state index is 12.0. The Morgan fingerprint density at radius 2 is 1.74 bits per heavy atom. The van der Waals surface area contributed by atoms with E-state index in [1.807, 2.05) is 11.0 Å². The minimum atomic E-state index is -0.237. The highest BCUT2D eigenvalue weighted by atomic mass is 79.9. The van der Waals surface area contributed by atoms with E-state index < -0.39 is 0 Å². The number of piperidine rings is 1. The molecule has 0 spiro atoms. The number of hydrogen-bond acceptors (Lipinski definition) is 3. The maximum absolute atomic E-state index is 12.0. The van der Waals surface area contributed by atoms with Gasteiger partial charge in [-0.25, -0.2) is 4.79 Å². The van der Waals surface area contributed by atoms with Gasteiger partial charge in [-0.15, -0.1) is 0 Å². The van der Waals surface area contributed by atoms with E-state index >= 15 is 0 Å². The number of benzene rings is 1. The van der Waals surface area contributed by atoms with Gasteiger partial charge in [0.2, 0.25) is 5.91 Å². The van der Waals surface area contributed by atoms with E-state index in [0.29, 0.717) is 31.7 Å². The Morgan fingerprint density at radius 1 is 1.04 bits per heavy atom. The van der Waals surface area contributed by atoms with E-state index in [-0.39, 0.29) is 29.8 Å². The molecule has 2 aliphatic rings. The van der Waals surface area contributed by atoms with Gasteiger partial charge >= 0.3 is 6.03 Å². The van der Waals surface area contributed by atoms with E-state index in [1.165, 1.54) is 0 Å². The Morgan fingerprint density at radius 3 is 2.41 bits per heavy atom. The lowest BCUT2D eigenvalue weighted by molar-refractivity contribution is -0.133. The summed E-state index contributed by atoms with van der Waals surface area (Å²) in [5, 5.41) is 8.47. The maximum Gasteiger partial charge on any atom is 0.315 e. The van der Waals surface area contributed by atoms with Gasteiger partial charge < -0.3 is 20.9 Å². The molecule has 4 amide bonds. The second-order valence-electron chi connectivity index (χ2n) is 7.04. The molecule has 3 N–H and O–H groups in total. The molecule has 1 aromatic rings. The summed E-state index contributed by atoms with van der Waals surface area (Å²) in [6.45, 7) is 2.13. The fourth-order valence-electron chi connectivity index (χ4n) is 3.15. The minimum absolute atomic E-state index is 0.0875. The van der Waals surface area contributed by atoms with Crippen LogP contribution >= 0.6 is 15.9 Å². The van der Waals surface area contributed by atoms with Crippen molar-refractivity contribution in [2.45, 2.75) is 31.7 Å². The minimum Gasteiger partial charge on any atom is -0.350 e. The molecule has 3 rings (SSSR count). The van der Waals surface area contributed by atoms with Crippen LogP contribution in [0.3, 0.4) is 0 Å². The summed E-state index contributed by atoms with van der Waals surface area (Å²) in [5.74, 6) is 0.357. The molecule has 27 heavy (non-hydrogen) atoms. The van der Waals surface area contributed by atoms with E-state index in [4.69, 9.17) is 0 Å². The van der Waals surface area contributed by atoms with E-state index in [1.54, 1.807) is 18.2 Å². The van der Waals surface area contributed by atoms with Crippen molar-refractivity contribution < 1.29 is 14.4 Å². The third-order valence-corrected chi connectivity index (χ3v) is 5.34. The highest BCUT2D eigenvalue weighted by Gasteiger charge is 2.35. The molecule has 0 aromatic heterocycles. The van der Waals surface area contributed by atoms with Crippen LogP contribution in [0.1, 0.15) is 36.0 Å². The molecular weight excluding hydrogens is 412 g/mol. The smallest absolute Gasteiger partial charge is 0.315 e. The van der Waals surface area contributed by atoms with Crippen molar-refractivity contribution in [1.29, 1.82) is 0 Å². The lowest BCUT2D eigenvalue weighted by Crippen LogP contribution is -2.50. The second-order valence-corrected chi connectivity index (χ2v) is 7.96. The first-order valence-corrected chi connectivity index (χ1v) is 10.2. The third kappa shape index (κ3) is 5.95. The van der Waals surface area contributed by atoms with Crippen LogP contribution in [0.4, 0.5) is 4.79 Å². The molecular formula is C19H25BrN4O3. The predicted octanol–water partition coefficient (Wildman–Crippen LogP) is 1.88. The summed E-state index contributed by atoms with van der Waals surface area (Å²) in [4.78, 5) is 37.9. The van der Waals surface area contributed by atoms with Gasteiger partial charge in [0.1, 0.15) is 0 Å². The van der Waals surface area contributed by atoms with E-state index in [9.17, 15) is 14.4 Å². The topological polar surface area (TPSA) is 90.5 Å². The average Bonchev–Trinajstić information content (AvgIpc) is 3.50. The van der Waals surface area contributed by atoms with Crippen LogP contribution in [0.5, 0.6) is 0 Å². The number of rotatable bonds is 6. The molecule has 1 aromatic carbocycles. The van der Waals surface area contributed by atoms with Crippen molar-refractivity contribution in [3.63, 3.8) is 0 Å². The Labute approximate surface area is 167 Å². The lowest BCUT2D eigenvalue weighted by Gasteiger charge is -2.32. The first-order chi connectivity index (χ1) is 13.0. The largest absolute Gasteiger partial charge is 0.350 e. The van der Waals surface area contributed by atoms with Crippen molar-refractivity contribution >= 4 is 33.8 Å². The summed E-state index contributed by atoms with van der Waals surface area (Å²) >= 11 is 3.33. The number of likely N-dealkylation sites (tertiary alicyclic amines) is 1. The summed E-state index contributed by atoms with van der Waals surface area (Å²) in [6, 6.07) is 6.99. The van der Waals surface area contributed by atoms with Gasteiger partial charge in [-0.3, -0.25) is 9.59 Å². The van der Waals surface area contributed by atoms with Crippen molar-refractivity contribution in [3.05, 3.63) is 34.3 Å². The zero-order chi connectivity index (χ0) is 19.2. The monoisotopic (exact) mass is 436 g/mol. The average molecular weight is 437 g/mol. The highest BCUT2D eigenvalue weighted by molar-refractivity contribution is 9.10. The molecule has 1 aliphatic heterocycles. The van der Waals surface area contributed by atoms with Gasteiger partial charge in [0.05, 0.1) is 0 Å². The van der Waals surface area contributed by atoms with E-state index in [0.717, 1.165) is 30.2 Å². The van der Waals surface area contributed by atoms with Crippen molar-refractivity contribution in [2.24, 2.45) is 5.92 Å². The molecule has 146 valence electrons. The van der Waals surface area contributed by atoms with Crippen LogP contribution in [-0.2, 0) is 4.79 Å². The number of nitrogens with zero attached hydrogens (tertiary/aromatic N) is 1. The van der Waals surface area contributed by atoms with Crippen LogP contribution in [-0.4, -0.2) is 55.0 Å². The zero-order valence-electron chi connectivity index (χ0n) is 15.2. The quantitative estimate of drug-likeness (QED) is 0.594. The Balaban J connectivity index is 1.29. The van der Waals surface area contributed by atoms with Gasteiger partial charge in [-0.2, -0.15) is 0 Å². The summed E-state index contributed by atoms with van der Waals surface area (Å²) in [5.41, 5.74) is 0.571. The first-order valence-electron chi connectivity index (χ1n) is 9.40. The molecule has 1 saturated carbocycles. The van der Waals surface area contributed by atoms with Gasteiger partial charge in [0.25, 0.3) is 5.91 Å². The van der Waals surface area contributed by atoms with Gasteiger partial charge in [0, 0.05) is 48.2 Å². The summed E-state index contributed by atoms with van der Waals surface area (Å²) in [6.07, 6.45) is 3.62. The number of amides is 4. The van der Waals surface area contributed by atoms with Crippen LogP contribution in [0, 0.1) is 5.92 Å². The number of nitrogens with one attached hydrogen (secondary N) is 3. The number of carbonyl (C=O) groups is 3. The number of urea groups is 1. The van der Waals surface area contributed by atoms with Crippen LogP contribution < -0.4 is 16.0 Å². The first kappa shape index (κ1) is 19.7. The molecule has 0 atom stereocenters. The highest BCUT2D eigenvalue weighted by Crippen LogP contribution is 2.31. The van der Waals surface area contributed by atoms with Crippen molar-refractivity contribution in [2.75, 3.05) is 26.2 Å². The Kier molecular flexibility index (Phi) is 6.71. The molecule has 7 nitrogen and oxygen atoms in total. The van der Waals surface area contributed by atoms with Crippen molar-refractivity contribution in [1.82, 2.24) is 20.9 Å². The standard InChI is InChI=1S/C19H25BrN4O3/c20-15-3-1-2-14(12-15)17(25)21-8-9-22-19(27)23-16-6-10-24(11-7-16)18(26)13-4-5-13/h1-3,12-13,16H,4-11H2,(H,21,25)(H2,22,23,27). The van der Waals surface area contributed by atoms with Gasteiger partial charge in [-0.1, -0.05) is 22.0 Å². The second kappa shape index (κ2) is 9.21. The molecule has 8 heteroatoms. The molecule has 1 aliphatic carbocycles. The predicted molar refractivity (Wildman–Crippen MR) is 105 cm³/mol. The van der Waals surface area contributed by atoms with E-state index in [2.05, 4.69) is 31.9 Å².